The lowest BCUT2D eigenvalue weighted by Gasteiger charge is -2.36. The maximum Gasteiger partial charge on any atom is 0.101 e. The van der Waals surface area contributed by atoms with Crippen LogP contribution in [-0.4, -0.2) is 50.0 Å². The highest BCUT2D eigenvalue weighted by atomic mass is 35.5. The Hall–Kier alpha value is -1.19. The Balaban J connectivity index is 0.00000132. The number of nitriles is 1. The fourth-order valence-electron chi connectivity index (χ4n) is 3.25. The van der Waals surface area contributed by atoms with E-state index in [0.29, 0.717) is 18.2 Å². The SMILES string of the molecule is C[C@@H]1CNCCN1c1ccc(N2CC[C@@H](O)C2)c(C#N)c1.Cl.Cl. The lowest BCUT2D eigenvalue weighted by molar-refractivity contribution is 0.198. The van der Waals surface area contributed by atoms with Crippen molar-refractivity contribution in [1.29, 1.82) is 5.26 Å². The molecule has 128 valence electrons. The largest absolute Gasteiger partial charge is 0.391 e. The summed E-state index contributed by atoms with van der Waals surface area (Å²) in [5, 5.41) is 22.5. The van der Waals surface area contributed by atoms with Crippen LogP contribution >= 0.6 is 24.8 Å². The van der Waals surface area contributed by atoms with E-state index in [-0.39, 0.29) is 30.9 Å². The van der Waals surface area contributed by atoms with Gasteiger partial charge in [0.05, 0.1) is 17.4 Å². The Kier molecular flexibility index (Phi) is 7.43. The van der Waals surface area contributed by atoms with Crippen molar-refractivity contribution in [3.63, 3.8) is 0 Å². The van der Waals surface area contributed by atoms with E-state index in [2.05, 4.69) is 34.2 Å². The van der Waals surface area contributed by atoms with Crippen molar-refractivity contribution in [3.05, 3.63) is 23.8 Å². The molecule has 2 aliphatic heterocycles. The maximum absolute atomic E-state index is 9.68. The standard InChI is InChI=1S/C16H22N4O.2ClH/c1-12-10-18-5-7-20(12)14-2-3-16(13(8-14)9-17)19-6-4-15(21)11-19;;/h2-3,8,12,15,18,21H,4-7,10-11H2,1H3;2*1H/t12-,15-;;/m1../s1. The molecular formula is C16H24Cl2N4O. The van der Waals surface area contributed by atoms with Crippen LogP contribution in [0.25, 0.3) is 0 Å². The predicted molar refractivity (Wildman–Crippen MR) is 98.2 cm³/mol. The smallest absolute Gasteiger partial charge is 0.101 e. The zero-order valence-electron chi connectivity index (χ0n) is 13.2. The third kappa shape index (κ3) is 4.21. The Morgan fingerprint density at radius 1 is 1.30 bits per heavy atom. The Morgan fingerprint density at radius 3 is 2.70 bits per heavy atom. The second-order valence-electron chi connectivity index (χ2n) is 5.95. The van der Waals surface area contributed by atoms with Crippen LogP contribution in [0.3, 0.4) is 0 Å². The Morgan fingerprint density at radius 2 is 2.09 bits per heavy atom. The van der Waals surface area contributed by atoms with Crippen LogP contribution in [0.2, 0.25) is 0 Å². The van der Waals surface area contributed by atoms with Gasteiger partial charge in [0.25, 0.3) is 0 Å². The molecule has 23 heavy (non-hydrogen) atoms. The summed E-state index contributed by atoms with van der Waals surface area (Å²) in [5.74, 6) is 0. The highest BCUT2D eigenvalue weighted by molar-refractivity contribution is 5.85. The van der Waals surface area contributed by atoms with E-state index in [9.17, 15) is 10.4 Å². The summed E-state index contributed by atoms with van der Waals surface area (Å²) in [4.78, 5) is 4.45. The molecule has 2 fully saturated rings. The average Bonchev–Trinajstić information content (AvgIpc) is 2.93. The minimum Gasteiger partial charge on any atom is -0.391 e. The lowest BCUT2D eigenvalue weighted by atomic mass is 10.1. The third-order valence-corrected chi connectivity index (χ3v) is 4.44. The minimum absolute atomic E-state index is 0. The van der Waals surface area contributed by atoms with Gasteiger partial charge in [0, 0.05) is 44.5 Å². The molecule has 1 aromatic rings. The Labute approximate surface area is 150 Å². The molecule has 5 nitrogen and oxygen atoms in total. The van der Waals surface area contributed by atoms with Crippen molar-refractivity contribution in [2.75, 3.05) is 42.5 Å². The number of β-amino-alcohol motifs (C(OH)–C–C–N with tert-alkyl or cyclic N) is 1. The quantitative estimate of drug-likeness (QED) is 0.843. The predicted octanol–water partition coefficient (Wildman–Crippen LogP) is 1.77. The van der Waals surface area contributed by atoms with E-state index in [4.69, 9.17) is 0 Å². The van der Waals surface area contributed by atoms with Crippen molar-refractivity contribution in [2.24, 2.45) is 0 Å². The van der Waals surface area contributed by atoms with E-state index >= 15 is 0 Å². The minimum atomic E-state index is -0.274. The van der Waals surface area contributed by atoms with Crippen LogP contribution in [0, 0.1) is 11.3 Å². The van der Waals surface area contributed by atoms with Crippen molar-refractivity contribution < 1.29 is 5.11 Å². The molecule has 0 unspecified atom stereocenters. The number of hydrogen-bond donors (Lipinski definition) is 2. The molecule has 1 aromatic carbocycles. The van der Waals surface area contributed by atoms with E-state index in [1.54, 1.807) is 0 Å². The van der Waals surface area contributed by atoms with E-state index in [1.807, 2.05) is 12.1 Å². The van der Waals surface area contributed by atoms with Gasteiger partial charge in [-0.05, 0) is 31.5 Å². The van der Waals surface area contributed by atoms with Crippen LogP contribution in [0.4, 0.5) is 11.4 Å². The number of nitrogens with one attached hydrogen (secondary N) is 1. The Bertz CT molecular complexity index is 564. The molecule has 3 rings (SSSR count). The topological polar surface area (TPSA) is 62.5 Å². The summed E-state index contributed by atoms with van der Waals surface area (Å²) < 4.78 is 0. The molecule has 0 aliphatic carbocycles. The highest BCUT2D eigenvalue weighted by Crippen LogP contribution is 2.29. The number of nitrogens with zero attached hydrogens (tertiary/aromatic N) is 3. The highest BCUT2D eigenvalue weighted by Gasteiger charge is 2.24. The van der Waals surface area contributed by atoms with Gasteiger partial charge in [-0.3, -0.25) is 0 Å². The maximum atomic E-state index is 9.68. The van der Waals surface area contributed by atoms with Crippen LogP contribution < -0.4 is 15.1 Å². The summed E-state index contributed by atoms with van der Waals surface area (Å²) in [6.07, 6.45) is 0.506. The molecule has 2 aliphatic rings. The lowest BCUT2D eigenvalue weighted by Crippen LogP contribution is -2.49. The van der Waals surface area contributed by atoms with Gasteiger partial charge in [0.15, 0.2) is 0 Å². The van der Waals surface area contributed by atoms with E-state index in [0.717, 1.165) is 44.0 Å². The number of rotatable bonds is 2. The second kappa shape index (κ2) is 8.60. The third-order valence-electron chi connectivity index (χ3n) is 4.44. The number of hydrogen-bond acceptors (Lipinski definition) is 5. The number of halogens is 2. The monoisotopic (exact) mass is 358 g/mol. The summed E-state index contributed by atoms with van der Waals surface area (Å²) in [6, 6.07) is 8.87. The van der Waals surface area contributed by atoms with Gasteiger partial charge in [0.1, 0.15) is 6.07 Å². The number of piperazine rings is 1. The van der Waals surface area contributed by atoms with Gasteiger partial charge in [0.2, 0.25) is 0 Å². The molecule has 2 saturated heterocycles. The van der Waals surface area contributed by atoms with Gasteiger partial charge in [-0.1, -0.05) is 0 Å². The second-order valence-corrected chi connectivity index (χ2v) is 5.95. The molecule has 0 bridgehead atoms. The van der Waals surface area contributed by atoms with Gasteiger partial charge in [-0.2, -0.15) is 5.26 Å². The average molecular weight is 359 g/mol. The van der Waals surface area contributed by atoms with Gasteiger partial charge in [-0.25, -0.2) is 0 Å². The molecule has 0 amide bonds. The number of benzene rings is 1. The fraction of sp³-hybridized carbons (Fsp3) is 0.562. The first-order valence-electron chi connectivity index (χ1n) is 7.63. The van der Waals surface area contributed by atoms with Gasteiger partial charge < -0.3 is 20.2 Å². The molecule has 2 N–H and O–H groups in total. The van der Waals surface area contributed by atoms with Gasteiger partial charge >= 0.3 is 0 Å². The van der Waals surface area contributed by atoms with Crippen molar-refractivity contribution >= 4 is 36.2 Å². The van der Waals surface area contributed by atoms with Crippen LogP contribution in [0.5, 0.6) is 0 Å². The number of anilines is 2. The van der Waals surface area contributed by atoms with Crippen LogP contribution in [0.1, 0.15) is 18.9 Å². The molecule has 0 spiro atoms. The first kappa shape index (κ1) is 19.9. The van der Waals surface area contributed by atoms with Crippen molar-refractivity contribution in [1.82, 2.24) is 5.32 Å². The first-order chi connectivity index (χ1) is 10.2. The van der Waals surface area contributed by atoms with Crippen LogP contribution in [-0.2, 0) is 0 Å². The van der Waals surface area contributed by atoms with Crippen molar-refractivity contribution in [3.8, 4) is 6.07 Å². The molecule has 0 radical (unpaired) electrons. The fourth-order valence-corrected chi connectivity index (χ4v) is 3.25. The molecular weight excluding hydrogens is 335 g/mol. The van der Waals surface area contributed by atoms with Crippen molar-refractivity contribution in [2.45, 2.75) is 25.5 Å². The molecule has 2 heterocycles. The first-order valence-corrected chi connectivity index (χ1v) is 7.63. The molecule has 0 aromatic heterocycles. The number of aliphatic hydroxyl groups is 1. The normalized spacial score (nSPS) is 23.7. The van der Waals surface area contributed by atoms with Crippen LogP contribution in [0.15, 0.2) is 18.2 Å². The summed E-state index contributed by atoms with van der Waals surface area (Å²) >= 11 is 0. The van der Waals surface area contributed by atoms with Gasteiger partial charge in [-0.15, -0.1) is 24.8 Å². The summed E-state index contributed by atoms with van der Waals surface area (Å²) in [6.45, 7) is 6.56. The van der Waals surface area contributed by atoms with E-state index < -0.39 is 0 Å². The molecule has 7 heteroatoms. The number of aliphatic hydroxyl groups excluding tert-OH is 1. The molecule has 2 atom stereocenters. The summed E-state index contributed by atoms with van der Waals surface area (Å²) in [5.41, 5.74) is 2.76. The molecule has 0 saturated carbocycles. The zero-order valence-corrected chi connectivity index (χ0v) is 14.9. The summed E-state index contributed by atoms with van der Waals surface area (Å²) in [7, 11) is 0. The zero-order chi connectivity index (χ0) is 14.8. The van der Waals surface area contributed by atoms with E-state index in [1.165, 1.54) is 0 Å².